The van der Waals surface area contributed by atoms with Gasteiger partial charge in [-0.2, -0.15) is 0 Å². The molecule has 5 nitrogen and oxygen atoms in total. The van der Waals surface area contributed by atoms with E-state index in [1.807, 2.05) is 6.92 Å². The van der Waals surface area contributed by atoms with Crippen LogP contribution >= 0.6 is 0 Å². The molecule has 0 unspecified atom stereocenters. The van der Waals surface area contributed by atoms with Crippen LogP contribution in [-0.4, -0.2) is 28.0 Å². The third kappa shape index (κ3) is 1.99. The van der Waals surface area contributed by atoms with Crippen molar-refractivity contribution in [2.45, 2.75) is 20.3 Å². The first-order chi connectivity index (χ1) is 6.70. The molecule has 76 valence electrons. The lowest BCUT2D eigenvalue weighted by atomic mass is 10.4. The third-order valence-corrected chi connectivity index (χ3v) is 1.70. The number of rotatable bonds is 2. The fourth-order valence-electron chi connectivity index (χ4n) is 1.07. The van der Waals surface area contributed by atoms with Crippen molar-refractivity contribution in [1.82, 2.24) is 9.55 Å². The van der Waals surface area contributed by atoms with Crippen LogP contribution in [0.4, 0.5) is 0 Å². The van der Waals surface area contributed by atoms with Crippen molar-refractivity contribution in [3.05, 3.63) is 18.2 Å². The van der Waals surface area contributed by atoms with Gasteiger partial charge >= 0.3 is 11.9 Å². The van der Waals surface area contributed by atoms with Gasteiger partial charge in [0.1, 0.15) is 5.82 Å². The molecule has 1 rings (SSSR count). The maximum atomic E-state index is 11.4. The summed E-state index contributed by atoms with van der Waals surface area (Å²) in [6.07, 6.45) is 3.53. The predicted molar refractivity (Wildman–Crippen MR) is 48.9 cm³/mol. The van der Waals surface area contributed by atoms with E-state index in [0.29, 0.717) is 12.2 Å². The predicted octanol–water partition coefficient (Wildman–Crippen LogP) is 0.649. The van der Waals surface area contributed by atoms with E-state index in [1.54, 1.807) is 6.92 Å². The molecule has 0 fully saturated rings. The van der Waals surface area contributed by atoms with Crippen LogP contribution in [0.15, 0.2) is 12.4 Å². The second kappa shape index (κ2) is 4.55. The van der Waals surface area contributed by atoms with Crippen LogP contribution in [0.2, 0.25) is 0 Å². The highest BCUT2D eigenvalue weighted by molar-refractivity contribution is 6.33. The summed E-state index contributed by atoms with van der Waals surface area (Å²) < 4.78 is 5.80. The number of imidazole rings is 1. The summed E-state index contributed by atoms with van der Waals surface area (Å²) in [5.74, 6) is -0.982. The number of hydrogen-bond donors (Lipinski definition) is 0. The number of nitrogens with zero attached hydrogens (tertiary/aromatic N) is 2. The zero-order valence-electron chi connectivity index (χ0n) is 8.19. The summed E-state index contributed by atoms with van der Waals surface area (Å²) in [4.78, 5) is 26.4. The SMILES string of the molecule is CCOC(=O)C(=O)n1ccnc1CC. The number of aryl methyl sites for hydroxylation is 1. The van der Waals surface area contributed by atoms with Crippen molar-refractivity contribution in [2.24, 2.45) is 0 Å². The van der Waals surface area contributed by atoms with Gasteiger partial charge in [0.2, 0.25) is 0 Å². The minimum absolute atomic E-state index is 0.195. The van der Waals surface area contributed by atoms with Gasteiger partial charge in [-0.1, -0.05) is 6.92 Å². The van der Waals surface area contributed by atoms with E-state index in [2.05, 4.69) is 9.72 Å². The fourth-order valence-corrected chi connectivity index (χ4v) is 1.07. The highest BCUT2D eigenvalue weighted by atomic mass is 16.5. The Morgan fingerprint density at radius 2 is 2.21 bits per heavy atom. The average molecular weight is 196 g/mol. The van der Waals surface area contributed by atoms with E-state index in [-0.39, 0.29) is 6.61 Å². The zero-order valence-corrected chi connectivity index (χ0v) is 8.19. The standard InChI is InChI=1S/C9H12N2O3/c1-3-7-10-5-6-11(7)8(12)9(13)14-4-2/h5-6H,3-4H2,1-2H3. The molecule has 0 saturated heterocycles. The van der Waals surface area contributed by atoms with Crippen molar-refractivity contribution in [2.75, 3.05) is 6.61 Å². The molecule has 0 saturated carbocycles. The van der Waals surface area contributed by atoms with E-state index >= 15 is 0 Å². The average Bonchev–Trinajstić information content (AvgIpc) is 2.64. The van der Waals surface area contributed by atoms with Crippen LogP contribution in [0.3, 0.4) is 0 Å². The van der Waals surface area contributed by atoms with Crippen LogP contribution in [0.5, 0.6) is 0 Å². The molecular weight excluding hydrogens is 184 g/mol. The Kier molecular flexibility index (Phi) is 3.39. The topological polar surface area (TPSA) is 61.2 Å². The first kappa shape index (κ1) is 10.4. The summed E-state index contributed by atoms with van der Waals surface area (Å²) in [5, 5.41) is 0. The number of esters is 1. The second-order valence-corrected chi connectivity index (χ2v) is 2.59. The van der Waals surface area contributed by atoms with Crippen LogP contribution < -0.4 is 0 Å². The van der Waals surface area contributed by atoms with Crippen LogP contribution in [0.1, 0.15) is 24.5 Å². The number of carbonyl (C=O) groups excluding carboxylic acids is 2. The number of carbonyl (C=O) groups is 2. The van der Waals surface area contributed by atoms with Gasteiger partial charge in [-0.3, -0.25) is 9.36 Å². The van der Waals surface area contributed by atoms with Gasteiger partial charge in [-0.05, 0) is 6.92 Å². The molecule has 0 aliphatic carbocycles. The van der Waals surface area contributed by atoms with Crippen LogP contribution in [-0.2, 0) is 16.0 Å². The fraction of sp³-hybridized carbons (Fsp3) is 0.444. The molecule has 0 bridgehead atoms. The Hall–Kier alpha value is -1.65. The maximum absolute atomic E-state index is 11.4. The minimum atomic E-state index is -0.847. The van der Waals surface area contributed by atoms with Crippen LogP contribution in [0, 0.1) is 0 Å². The molecule has 0 N–H and O–H groups in total. The van der Waals surface area contributed by atoms with E-state index in [1.165, 1.54) is 17.0 Å². The van der Waals surface area contributed by atoms with Gasteiger partial charge in [0.05, 0.1) is 6.61 Å². The van der Waals surface area contributed by atoms with Gasteiger partial charge < -0.3 is 4.74 Å². The van der Waals surface area contributed by atoms with E-state index < -0.39 is 11.9 Å². The second-order valence-electron chi connectivity index (χ2n) is 2.59. The van der Waals surface area contributed by atoms with E-state index in [9.17, 15) is 9.59 Å². The van der Waals surface area contributed by atoms with Gasteiger partial charge in [-0.25, -0.2) is 9.78 Å². The van der Waals surface area contributed by atoms with Crippen molar-refractivity contribution in [3.8, 4) is 0 Å². The molecule has 5 heteroatoms. The normalized spacial score (nSPS) is 9.86. The third-order valence-electron chi connectivity index (χ3n) is 1.70. The largest absolute Gasteiger partial charge is 0.459 e. The molecule has 0 spiro atoms. The lowest BCUT2D eigenvalue weighted by Gasteiger charge is -2.03. The summed E-state index contributed by atoms with van der Waals surface area (Å²) in [7, 11) is 0. The first-order valence-electron chi connectivity index (χ1n) is 4.44. The molecule has 1 heterocycles. The van der Waals surface area contributed by atoms with Crippen molar-refractivity contribution in [3.63, 3.8) is 0 Å². The van der Waals surface area contributed by atoms with E-state index in [0.717, 1.165) is 0 Å². The summed E-state index contributed by atoms with van der Waals surface area (Å²) in [6.45, 7) is 3.71. The summed E-state index contributed by atoms with van der Waals surface area (Å²) in [6, 6.07) is 0. The molecule has 0 aliphatic heterocycles. The molecule has 0 aromatic carbocycles. The Balaban J connectivity index is 2.83. The van der Waals surface area contributed by atoms with Crippen molar-refractivity contribution >= 4 is 11.9 Å². The molecule has 0 aliphatic rings. The lowest BCUT2D eigenvalue weighted by Crippen LogP contribution is -2.25. The number of hydrogen-bond acceptors (Lipinski definition) is 4. The number of aromatic nitrogens is 2. The van der Waals surface area contributed by atoms with Crippen molar-refractivity contribution < 1.29 is 14.3 Å². The molecule has 0 radical (unpaired) electrons. The molecule has 0 atom stereocenters. The molecule has 1 aromatic rings. The maximum Gasteiger partial charge on any atom is 0.397 e. The molecule has 0 amide bonds. The summed E-state index contributed by atoms with van der Waals surface area (Å²) >= 11 is 0. The molecular formula is C9H12N2O3. The Morgan fingerprint density at radius 1 is 1.50 bits per heavy atom. The summed E-state index contributed by atoms with van der Waals surface area (Å²) in [5.41, 5.74) is 0. The van der Waals surface area contributed by atoms with E-state index in [4.69, 9.17) is 0 Å². The Morgan fingerprint density at radius 3 is 2.79 bits per heavy atom. The smallest absolute Gasteiger partial charge is 0.397 e. The highest BCUT2D eigenvalue weighted by Crippen LogP contribution is 1.99. The van der Waals surface area contributed by atoms with Crippen LogP contribution in [0.25, 0.3) is 0 Å². The van der Waals surface area contributed by atoms with Gasteiger partial charge in [0.25, 0.3) is 0 Å². The zero-order chi connectivity index (χ0) is 10.6. The lowest BCUT2D eigenvalue weighted by molar-refractivity contribution is -0.138. The van der Waals surface area contributed by atoms with Gasteiger partial charge in [0.15, 0.2) is 0 Å². The van der Waals surface area contributed by atoms with Gasteiger partial charge in [0, 0.05) is 18.8 Å². The first-order valence-corrected chi connectivity index (χ1v) is 4.44. The Bertz CT molecular complexity index is 344. The van der Waals surface area contributed by atoms with Crippen molar-refractivity contribution in [1.29, 1.82) is 0 Å². The monoisotopic (exact) mass is 196 g/mol. The minimum Gasteiger partial charge on any atom is -0.459 e. The highest BCUT2D eigenvalue weighted by Gasteiger charge is 2.19. The molecule has 1 aromatic heterocycles. The number of ether oxygens (including phenoxy) is 1. The quantitative estimate of drug-likeness (QED) is 0.514. The van der Waals surface area contributed by atoms with Gasteiger partial charge in [-0.15, -0.1) is 0 Å². The molecule has 14 heavy (non-hydrogen) atoms. The Labute approximate surface area is 81.7 Å².